The molecule has 1 N–H and O–H groups in total. The predicted molar refractivity (Wildman–Crippen MR) is 107 cm³/mol. The summed E-state index contributed by atoms with van der Waals surface area (Å²) >= 11 is 0. The van der Waals surface area contributed by atoms with Crippen LogP contribution in [0.2, 0.25) is 0 Å². The molecular weight excluding hydrogens is 367 g/mol. The van der Waals surface area contributed by atoms with Gasteiger partial charge < -0.3 is 0 Å². The van der Waals surface area contributed by atoms with Gasteiger partial charge in [0.25, 0.3) is 0 Å². The number of aromatic nitrogens is 6. The molecule has 1 aromatic carbocycles. The second kappa shape index (κ2) is 6.92. The molecule has 4 aromatic rings. The molecule has 0 aliphatic heterocycles. The van der Waals surface area contributed by atoms with Crippen LogP contribution in [0.5, 0.6) is 0 Å². The lowest BCUT2D eigenvalue weighted by atomic mass is 10.00. The van der Waals surface area contributed by atoms with Crippen molar-refractivity contribution in [3.8, 4) is 17.1 Å². The zero-order valence-corrected chi connectivity index (χ0v) is 16.4. The first-order valence-corrected chi connectivity index (χ1v) is 9.76. The van der Waals surface area contributed by atoms with Crippen molar-refractivity contribution in [1.82, 2.24) is 29.9 Å². The van der Waals surface area contributed by atoms with Gasteiger partial charge in [0.2, 0.25) is 0 Å². The Morgan fingerprint density at radius 2 is 1.90 bits per heavy atom. The zero-order chi connectivity index (χ0) is 20.0. The number of aromatic amines is 1. The van der Waals surface area contributed by atoms with Crippen LogP contribution in [0.4, 0.5) is 4.39 Å². The van der Waals surface area contributed by atoms with Gasteiger partial charge in [-0.05, 0) is 62.9 Å². The molecule has 5 rings (SSSR count). The van der Waals surface area contributed by atoms with Crippen molar-refractivity contribution in [2.45, 2.75) is 39.0 Å². The number of nitrogens with one attached hydrogen (secondary N) is 1. The molecule has 1 saturated carbocycles. The van der Waals surface area contributed by atoms with E-state index in [-0.39, 0.29) is 5.82 Å². The molecule has 29 heavy (non-hydrogen) atoms. The normalized spacial score (nSPS) is 13.8. The Hall–Kier alpha value is -3.35. The van der Waals surface area contributed by atoms with E-state index in [1.165, 1.54) is 17.7 Å². The Bertz CT molecular complexity index is 1170. The molecule has 7 heteroatoms. The Morgan fingerprint density at radius 1 is 1.10 bits per heavy atom. The van der Waals surface area contributed by atoms with E-state index in [1.54, 1.807) is 18.5 Å². The summed E-state index contributed by atoms with van der Waals surface area (Å²) in [7, 11) is 0. The van der Waals surface area contributed by atoms with Crippen molar-refractivity contribution in [3.63, 3.8) is 0 Å². The van der Waals surface area contributed by atoms with Crippen LogP contribution in [0.25, 0.3) is 17.1 Å². The van der Waals surface area contributed by atoms with Gasteiger partial charge in [0.1, 0.15) is 12.1 Å². The Morgan fingerprint density at radius 3 is 2.59 bits per heavy atom. The number of hydrogen-bond acceptors (Lipinski definition) is 4. The molecule has 6 nitrogen and oxygen atoms in total. The first kappa shape index (κ1) is 17.7. The molecule has 1 aliphatic rings. The van der Waals surface area contributed by atoms with Crippen LogP contribution in [-0.2, 0) is 6.42 Å². The lowest BCUT2D eigenvalue weighted by molar-refractivity contribution is 0.628. The second-order valence-electron chi connectivity index (χ2n) is 7.63. The maximum atomic E-state index is 13.3. The molecule has 1 fully saturated rings. The van der Waals surface area contributed by atoms with Gasteiger partial charge in [-0.1, -0.05) is 0 Å². The Balaban J connectivity index is 1.49. The maximum Gasteiger partial charge on any atom is 0.157 e. The molecule has 146 valence electrons. The van der Waals surface area contributed by atoms with Crippen molar-refractivity contribution in [2.75, 3.05) is 0 Å². The summed E-state index contributed by atoms with van der Waals surface area (Å²) in [6.07, 6.45) is 4.52. The number of halogens is 1. The van der Waals surface area contributed by atoms with Gasteiger partial charge in [0.05, 0.1) is 17.1 Å². The fraction of sp³-hybridized carbons (Fsp3) is 0.273. The summed E-state index contributed by atoms with van der Waals surface area (Å²) in [5.74, 6) is 1.02. The van der Waals surface area contributed by atoms with E-state index in [1.807, 2.05) is 30.7 Å². The van der Waals surface area contributed by atoms with E-state index in [0.717, 1.165) is 52.7 Å². The highest BCUT2D eigenvalue weighted by Crippen LogP contribution is 2.45. The summed E-state index contributed by atoms with van der Waals surface area (Å²) in [5, 5.41) is 12.3. The van der Waals surface area contributed by atoms with Gasteiger partial charge in [-0.2, -0.15) is 10.2 Å². The van der Waals surface area contributed by atoms with Crippen LogP contribution in [-0.4, -0.2) is 29.9 Å². The molecule has 3 aromatic heterocycles. The highest BCUT2D eigenvalue weighted by molar-refractivity contribution is 5.65. The van der Waals surface area contributed by atoms with Crippen molar-refractivity contribution in [2.24, 2.45) is 0 Å². The standard InChI is InChI=1S/C22H21FN6/c1-13-9-14(2)29(28-13)20-11-18(24-12-25-20)10-19-21(15-3-4-15)22(27-26-19)16-5-7-17(23)8-6-16/h5-9,11-12,15H,3-4,10H2,1-2H3,(H,26,27). The number of rotatable bonds is 5. The quantitative estimate of drug-likeness (QED) is 0.554. The summed E-state index contributed by atoms with van der Waals surface area (Å²) in [5.41, 5.74) is 7.02. The highest BCUT2D eigenvalue weighted by Gasteiger charge is 2.31. The van der Waals surface area contributed by atoms with Crippen LogP contribution < -0.4 is 0 Å². The van der Waals surface area contributed by atoms with Gasteiger partial charge >= 0.3 is 0 Å². The molecule has 3 heterocycles. The molecule has 0 spiro atoms. The van der Waals surface area contributed by atoms with E-state index in [2.05, 4.69) is 25.3 Å². The van der Waals surface area contributed by atoms with Crippen LogP contribution in [0.15, 0.2) is 42.7 Å². The number of H-pyrrole nitrogens is 1. The number of benzene rings is 1. The lowest BCUT2D eigenvalue weighted by Crippen LogP contribution is -2.05. The lowest BCUT2D eigenvalue weighted by Gasteiger charge is -2.07. The predicted octanol–water partition coefficient (Wildman–Crippen LogP) is 4.28. The van der Waals surface area contributed by atoms with E-state index in [9.17, 15) is 4.39 Å². The largest absolute Gasteiger partial charge is 0.281 e. The zero-order valence-electron chi connectivity index (χ0n) is 16.4. The molecule has 0 saturated heterocycles. The minimum atomic E-state index is -0.241. The molecule has 0 bridgehead atoms. The van der Waals surface area contributed by atoms with Crippen molar-refractivity contribution in [3.05, 3.63) is 76.9 Å². The van der Waals surface area contributed by atoms with Gasteiger partial charge in [-0.3, -0.25) is 5.10 Å². The molecule has 0 unspecified atom stereocenters. The average molecular weight is 388 g/mol. The van der Waals surface area contributed by atoms with Gasteiger partial charge in [0, 0.05) is 35.0 Å². The van der Waals surface area contributed by atoms with E-state index in [0.29, 0.717) is 12.3 Å². The van der Waals surface area contributed by atoms with Crippen molar-refractivity contribution >= 4 is 0 Å². The van der Waals surface area contributed by atoms with Crippen molar-refractivity contribution < 1.29 is 4.39 Å². The van der Waals surface area contributed by atoms with Crippen LogP contribution >= 0.6 is 0 Å². The summed E-state index contributed by atoms with van der Waals surface area (Å²) < 4.78 is 15.2. The monoisotopic (exact) mass is 388 g/mol. The minimum Gasteiger partial charge on any atom is -0.281 e. The average Bonchev–Trinajstić information content (AvgIpc) is 3.38. The minimum absolute atomic E-state index is 0.241. The number of hydrogen-bond donors (Lipinski definition) is 1. The first-order chi connectivity index (χ1) is 14.1. The van der Waals surface area contributed by atoms with Crippen LogP contribution in [0.3, 0.4) is 0 Å². The van der Waals surface area contributed by atoms with Gasteiger partial charge in [-0.15, -0.1) is 0 Å². The topological polar surface area (TPSA) is 72.3 Å². The highest BCUT2D eigenvalue weighted by atomic mass is 19.1. The third-order valence-corrected chi connectivity index (χ3v) is 5.28. The van der Waals surface area contributed by atoms with E-state index < -0.39 is 0 Å². The van der Waals surface area contributed by atoms with Crippen LogP contribution in [0.1, 0.15) is 47.1 Å². The SMILES string of the molecule is Cc1cc(C)n(-c2cc(Cc3[nH]nc(-c4ccc(F)cc4)c3C3CC3)ncn2)n1. The molecular formula is C22H21FN6. The fourth-order valence-electron chi connectivity index (χ4n) is 3.80. The maximum absolute atomic E-state index is 13.3. The first-order valence-electron chi connectivity index (χ1n) is 9.76. The summed E-state index contributed by atoms with van der Waals surface area (Å²) in [6.45, 7) is 3.98. The second-order valence-corrected chi connectivity index (χ2v) is 7.63. The Labute approximate surface area is 167 Å². The summed E-state index contributed by atoms with van der Waals surface area (Å²) in [6, 6.07) is 10.5. The number of nitrogens with zero attached hydrogens (tertiary/aromatic N) is 5. The van der Waals surface area contributed by atoms with Gasteiger partial charge in [-0.25, -0.2) is 19.0 Å². The smallest absolute Gasteiger partial charge is 0.157 e. The summed E-state index contributed by atoms with van der Waals surface area (Å²) in [4.78, 5) is 8.85. The van der Waals surface area contributed by atoms with E-state index in [4.69, 9.17) is 0 Å². The third-order valence-electron chi connectivity index (χ3n) is 5.28. The molecule has 0 amide bonds. The molecule has 0 radical (unpaired) electrons. The third kappa shape index (κ3) is 3.44. The Kier molecular flexibility index (Phi) is 4.23. The van der Waals surface area contributed by atoms with Crippen molar-refractivity contribution in [1.29, 1.82) is 0 Å². The molecule has 0 atom stereocenters. The van der Waals surface area contributed by atoms with Gasteiger partial charge in [0.15, 0.2) is 5.82 Å². The molecule has 1 aliphatic carbocycles. The fourth-order valence-corrected chi connectivity index (χ4v) is 3.80. The number of aryl methyl sites for hydroxylation is 2. The van der Waals surface area contributed by atoms with E-state index >= 15 is 0 Å². The van der Waals surface area contributed by atoms with Crippen LogP contribution in [0, 0.1) is 19.7 Å².